The van der Waals surface area contributed by atoms with Gasteiger partial charge in [-0.25, -0.2) is 0 Å². The standard InChI is InChI=1S/C24H20O3/c1-2-27-24(25)15-20-14-22(23-16-26-13-12-21(20)23)19-10-8-18(9-11-19)17-6-4-3-5-7-17/h3-14,16H,2,15H2,1H3. The third-order valence-electron chi connectivity index (χ3n) is 4.69. The van der Waals surface area contributed by atoms with Crippen molar-refractivity contribution >= 4 is 5.97 Å². The first-order valence-corrected chi connectivity index (χ1v) is 9.05. The van der Waals surface area contributed by atoms with Crippen molar-refractivity contribution in [2.75, 3.05) is 6.61 Å². The number of esters is 1. The van der Waals surface area contributed by atoms with Crippen molar-refractivity contribution in [3.8, 4) is 33.4 Å². The van der Waals surface area contributed by atoms with E-state index in [4.69, 9.17) is 9.15 Å². The van der Waals surface area contributed by atoms with Crippen LogP contribution in [0.4, 0.5) is 0 Å². The molecule has 1 aliphatic carbocycles. The van der Waals surface area contributed by atoms with Gasteiger partial charge in [-0.05, 0) is 52.4 Å². The molecule has 0 fully saturated rings. The quantitative estimate of drug-likeness (QED) is 0.423. The third kappa shape index (κ3) is 3.49. The van der Waals surface area contributed by atoms with E-state index in [1.807, 2.05) is 31.2 Å². The van der Waals surface area contributed by atoms with Crippen molar-refractivity contribution in [3.05, 3.63) is 84.8 Å². The largest absolute Gasteiger partial charge is 0.472 e. The lowest BCUT2D eigenvalue weighted by Gasteiger charge is -2.06. The molecule has 0 amide bonds. The summed E-state index contributed by atoms with van der Waals surface area (Å²) >= 11 is 0. The fraction of sp³-hybridized carbons (Fsp3) is 0.125. The Morgan fingerprint density at radius 3 is 2.30 bits per heavy atom. The van der Waals surface area contributed by atoms with Crippen molar-refractivity contribution in [1.29, 1.82) is 0 Å². The molecule has 3 nitrogen and oxygen atoms in total. The lowest BCUT2D eigenvalue weighted by atomic mass is 9.99. The highest BCUT2D eigenvalue weighted by Crippen LogP contribution is 2.39. The molecule has 134 valence electrons. The summed E-state index contributed by atoms with van der Waals surface area (Å²) in [7, 11) is 0. The average molecular weight is 356 g/mol. The van der Waals surface area contributed by atoms with E-state index in [9.17, 15) is 4.79 Å². The van der Waals surface area contributed by atoms with Gasteiger partial charge in [-0.15, -0.1) is 0 Å². The van der Waals surface area contributed by atoms with Gasteiger partial charge in [0.1, 0.15) is 0 Å². The molecule has 2 aromatic rings. The Morgan fingerprint density at radius 2 is 1.56 bits per heavy atom. The molecular weight excluding hydrogens is 336 g/mol. The minimum Gasteiger partial charge on any atom is -0.472 e. The highest BCUT2D eigenvalue weighted by atomic mass is 16.5. The van der Waals surface area contributed by atoms with Crippen LogP contribution in [0.3, 0.4) is 0 Å². The minimum absolute atomic E-state index is 0.212. The second-order valence-corrected chi connectivity index (χ2v) is 6.39. The maximum atomic E-state index is 12.0. The first-order valence-electron chi connectivity index (χ1n) is 9.05. The summed E-state index contributed by atoms with van der Waals surface area (Å²) in [6, 6.07) is 22.7. The summed E-state index contributed by atoms with van der Waals surface area (Å²) in [6.45, 7) is 2.21. The van der Waals surface area contributed by atoms with Crippen molar-refractivity contribution in [2.45, 2.75) is 13.3 Å². The Bertz CT molecular complexity index is 1010. The maximum absolute atomic E-state index is 12.0. The summed E-state index contributed by atoms with van der Waals surface area (Å²) in [5.74, 6) is -0.212. The lowest BCUT2D eigenvalue weighted by molar-refractivity contribution is -0.142. The molecule has 2 aromatic carbocycles. The number of fused-ring (bicyclic) bond motifs is 1. The molecule has 1 aliphatic heterocycles. The molecule has 0 radical (unpaired) electrons. The number of rotatable bonds is 5. The molecule has 3 heteroatoms. The SMILES string of the molecule is CCOC(=O)Cc1cc(-c2ccc(-c3ccccc3)cc2)c2coccc1-2. The molecule has 0 unspecified atom stereocenters. The average Bonchev–Trinajstić information content (AvgIpc) is 3.07. The van der Waals surface area contributed by atoms with Crippen LogP contribution in [0.15, 0.2) is 83.7 Å². The van der Waals surface area contributed by atoms with Crippen LogP contribution < -0.4 is 0 Å². The van der Waals surface area contributed by atoms with Crippen molar-refractivity contribution in [1.82, 2.24) is 0 Å². The molecule has 0 aromatic heterocycles. The monoisotopic (exact) mass is 356 g/mol. The van der Waals surface area contributed by atoms with Gasteiger partial charge in [0.25, 0.3) is 0 Å². The zero-order valence-electron chi connectivity index (χ0n) is 15.1. The minimum atomic E-state index is -0.212. The number of carbonyl (C=O) groups excluding carboxylic acids is 1. The van der Waals surface area contributed by atoms with Crippen molar-refractivity contribution in [2.24, 2.45) is 0 Å². The molecule has 0 N–H and O–H groups in total. The lowest BCUT2D eigenvalue weighted by Crippen LogP contribution is -2.07. The Morgan fingerprint density at radius 1 is 0.852 bits per heavy atom. The van der Waals surface area contributed by atoms with E-state index >= 15 is 0 Å². The third-order valence-corrected chi connectivity index (χ3v) is 4.69. The topological polar surface area (TPSA) is 39.4 Å². The van der Waals surface area contributed by atoms with Crippen molar-refractivity contribution < 1.29 is 13.9 Å². The summed E-state index contributed by atoms with van der Waals surface area (Å²) in [5.41, 5.74) is 7.51. The molecular formula is C24H20O3. The van der Waals surface area contributed by atoms with Gasteiger partial charge in [-0.1, -0.05) is 54.6 Å². The van der Waals surface area contributed by atoms with Gasteiger partial charge in [-0.2, -0.15) is 0 Å². The highest BCUT2D eigenvalue weighted by molar-refractivity contribution is 5.91. The fourth-order valence-electron chi connectivity index (χ4n) is 3.41. The van der Waals surface area contributed by atoms with E-state index in [0.29, 0.717) is 6.61 Å². The highest BCUT2D eigenvalue weighted by Gasteiger charge is 2.19. The summed E-state index contributed by atoms with van der Waals surface area (Å²) in [4.78, 5) is 12.0. The van der Waals surface area contributed by atoms with E-state index in [1.54, 1.807) is 12.5 Å². The van der Waals surface area contributed by atoms with Crippen LogP contribution in [0.25, 0.3) is 33.4 Å². The van der Waals surface area contributed by atoms with E-state index < -0.39 is 0 Å². The molecule has 4 rings (SSSR count). The Kier molecular flexibility index (Phi) is 4.75. The zero-order chi connectivity index (χ0) is 18.6. The van der Waals surface area contributed by atoms with Gasteiger partial charge in [0.05, 0.1) is 25.6 Å². The van der Waals surface area contributed by atoms with Crippen LogP contribution in [-0.4, -0.2) is 12.6 Å². The van der Waals surface area contributed by atoms with Gasteiger partial charge in [-0.3, -0.25) is 4.79 Å². The molecule has 2 aliphatic rings. The Hall–Kier alpha value is -3.33. The second kappa shape index (κ2) is 7.50. The van der Waals surface area contributed by atoms with Crippen LogP contribution in [-0.2, 0) is 16.0 Å². The van der Waals surface area contributed by atoms with Gasteiger partial charge in [0, 0.05) is 5.56 Å². The van der Waals surface area contributed by atoms with Crippen molar-refractivity contribution in [3.63, 3.8) is 0 Å². The molecule has 0 saturated carbocycles. The number of carbonyl (C=O) groups is 1. The van der Waals surface area contributed by atoms with Crippen LogP contribution >= 0.6 is 0 Å². The normalized spacial score (nSPS) is 10.9. The number of ether oxygens (including phenoxy) is 1. The molecule has 27 heavy (non-hydrogen) atoms. The fourth-order valence-corrected chi connectivity index (χ4v) is 3.41. The van der Waals surface area contributed by atoms with E-state index in [1.165, 1.54) is 11.1 Å². The summed E-state index contributed by atoms with van der Waals surface area (Å²) < 4.78 is 10.5. The van der Waals surface area contributed by atoms with Crippen LogP contribution in [0, 0.1) is 0 Å². The molecule has 0 atom stereocenters. The summed E-state index contributed by atoms with van der Waals surface area (Å²) in [5, 5.41) is 0. The van der Waals surface area contributed by atoms with Gasteiger partial charge < -0.3 is 9.15 Å². The Labute approximate surface area is 158 Å². The molecule has 0 bridgehead atoms. The number of benzene rings is 2. The number of hydrogen-bond acceptors (Lipinski definition) is 3. The molecule has 0 spiro atoms. The molecule has 0 saturated heterocycles. The summed E-state index contributed by atoms with van der Waals surface area (Å²) in [6.07, 6.45) is 3.64. The van der Waals surface area contributed by atoms with Crippen LogP contribution in [0.2, 0.25) is 0 Å². The Balaban J connectivity index is 1.70. The van der Waals surface area contributed by atoms with E-state index in [0.717, 1.165) is 27.8 Å². The van der Waals surface area contributed by atoms with Gasteiger partial charge >= 0.3 is 5.97 Å². The van der Waals surface area contributed by atoms with Crippen LogP contribution in [0.1, 0.15) is 12.5 Å². The smallest absolute Gasteiger partial charge is 0.310 e. The zero-order valence-corrected chi connectivity index (χ0v) is 15.1. The maximum Gasteiger partial charge on any atom is 0.310 e. The van der Waals surface area contributed by atoms with Gasteiger partial charge in [0.2, 0.25) is 0 Å². The first kappa shape index (κ1) is 17.1. The predicted octanol–water partition coefficient (Wildman–Crippen LogP) is 5.82. The van der Waals surface area contributed by atoms with Gasteiger partial charge in [0.15, 0.2) is 0 Å². The first-order chi connectivity index (χ1) is 13.3. The molecule has 1 heterocycles. The van der Waals surface area contributed by atoms with E-state index in [-0.39, 0.29) is 12.4 Å². The number of hydrogen-bond donors (Lipinski definition) is 0. The predicted molar refractivity (Wildman–Crippen MR) is 107 cm³/mol. The van der Waals surface area contributed by atoms with Crippen LogP contribution in [0.5, 0.6) is 0 Å². The second-order valence-electron chi connectivity index (χ2n) is 6.39. The van der Waals surface area contributed by atoms with E-state index in [2.05, 4.69) is 42.5 Å².